The number of nitriles is 1. The largest absolute Gasteiger partial charge is 0.439 e. The Morgan fingerprint density at radius 3 is 2.73 bits per heavy atom. The van der Waals surface area contributed by atoms with Gasteiger partial charge in [0.2, 0.25) is 5.88 Å². The summed E-state index contributed by atoms with van der Waals surface area (Å²) in [5.74, 6) is 1.33. The maximum Gasteiger partial charge on any atom is 0.219 e. The van der Waals surface area contributed by atoms with Crippen LogP contribution in [0.2, 0.25) is 0 Å². The fourth-order valence-electron chi connectivity index (χ4n) is 2.50. The van der Waals surface area contributed by atoms with Crippen molar-refractivity contribution in [1.29, 1.82) is 5.26 Å². The van der Waals surface area contributed by atoms with Crippen LogP contribution in [0.15, 0.2) is 64.4 Å². The van der Waals surface area contributed by atoms with Crippen molar-refractivity contribution in [3.63, 3.8) is 0 Å². The van der Waals surface area contributed by atoms with Crippen molar-refractivity contribution in [3.05, 3.63) is 65.6 Å². The minimum absolute atomic E-state index is 0.0253. The van der Waals surface area contributed by atoms with Crippen LogP contribution in [0, 0.1) is 17.2 Å². The first-order valence-electron chi connectivity index (χ1n) is 10.3. The second kappa shape index (κ2) is 11.3. The Balaban J connectivity index is 2.36. The molecule has 0 spiro atoms. The molecule has 30 heavy (non-hydrogen) atoms. The summed E-state index contributed by atoms with van der Waals surface area (Å²) in [5.41, 5.74) is 4.14. The molecule has 0 bridgehead atoms. The van der Waals surface area contributed by atoms with E-state index in [1.54, 1.807) is 18.3 Å². The summed E-state index contributed by atoms with van der Waals surface area (Å²) >= 11 is 0. The fraction of sp³-hybridized carbons (Fsp3) is 0.400. The Kier molecular flexibility index (Phi) is 8.76. The molecule has 1 aliphatic heterocycles. The Hall–Kier alpha value is -2.97. The highest BCUT2D eigenvalue weighted by Crippen LogP contribution is 2.27. The third-order valence-corrected chi connectivity index (χ3v) is 5.07. The highest BCUT2D eigenvalue weighted by atomic mass is 16.6. The van der Waals surface area contributed by atoms with Gasteiger partial charge in [-0.2, -0.15) is 5.26 Å². The maximum atomic E-state index is 9.32. The van der Waals surface area contributed by atoms with Crippen molar-refractivity contribution in [2.24, 2.45) is 15.9 Å². The quantitative estimate of drug-likeness (QED) is 0.203. The first kappa shape index (κ1) is 23.3. The third kappa shape index (κ3) is 7.13. The topological polar surface area (TPSA) is 70.3 Å². The third-order valence-electron chi connectivity index (χ3n) is 5.07. The molecule has 1 aromatic carbocycles. The van der Waals surface area contributed by atoms with Crippen LogP contribution < -0.4 is 4.74 Å². The number of rotatable bonds is 11. The van der Waals surface area contributed by atoms with E-state index in [2.05, 4.69) is 38.1 Å². The van der Waals surface area contributed by atoms with Gasteiger partial charge in [-0.25, -0.2) is 4.99 Å². The van der Waals surface area contributed by atoms with Crippen LogP contribution in [0.3, 0.4) is 0 Å². The molecule has 2 rings (SSSR count). The molecule has 0 radical (unpaired) electrons. The van der Waals surface area contributed by atoms with Crippen molar-refractivity contribution >= 4 is 11.9 Å². The van der Waals surface area contributed by atoms with Crippen LogP contribution in [0.5, 0.6) is 5.75 Å². The second-order valence-electron chi connectivity index (χ2n) is 7.46. The molecule has 5 nitrogen and oxygen atoms in total. The monoisotopic (exact) mass is 405 g/mol. The van der Waals surface area contributed by atoms with Gasteiger partial charge in [-0.1, -0.05) is 40.0 Å². The molecule has 0 aromatic heterocycles. The van der Waals surface area contributed by atoms with Gasteiger partial charge in [0.15, 0.2) is 0 Å². The van der Waals surface area contributed by atoms with Crippen LogP contribution in [0.25, 0.3) is 0 Å². The lowest BCUT2D eigenvalue weighted by Crippen LogP contribution is -2.08. The van der Waals surface area contributed by atoms with Crippen LogP contribution in [-0.4, -0.2) is 24.6 Å². The standard InChI is InChI=1S/C25H31N3O2/c1-7-17(3)14-27-15-22-10-9-21(13-26)12-23(22)30-25(11-19(5)24-16-29-24)28-20(6)18(4)8-2/h9-12,14,18,24H,3,5,7-8,15-16H2,1-2,4,6H3/b25-11+,27-14-,28-20-. The lowest BCUT2D eigenvalue weighted by Gasteiger charge is -2.14. The predicted octanol–water partition coefficient (Wildman–Crippen LogP) is 5.78. The molecule has 1 heterocycles. The molecule has 1 saturated heterocycles. The molecule has 2 atom stereocenters. The number of ether oxygens (including phenoxy) is 2. The SMILES string of the molecule is C=C(/C=N\Cc1ccc(C#N)cc1OC(=C/C(=C)C1CO1)/N=C(/C)C(C)CC)CC. The van der Waals surface area contributed by atoms with Crippen LogP contribution in [0.4, 0.5) is 0 Å². The van der Waals surface area contributed by atoms with Crippen molar-refractivity contribution < 1.29 is 9.47 Å². The number of hydrogen-bond acceptors (Lipinski definition) is 5. The van der Waals surface area contributed by atoms with Crippen LogP contribution in [0.1, 0.15) is 51.7 Å². The summed E-state index contributed by atoms with van der Waals surface area (Å²) in [6.45, 7) is 17.4. The van der Waals surface area contributed by atoms with E-state index in [-0.39, 0.29) is 6.10 Å². The number of epoxide rings is 1. The molecular weight excluding hydrogens is 374 g/mol. The summed E-state index contributed by atoms with van der Waals surface area (Å²) < 4.78 is 11.5. The molecule has 0 N–H and O–H groups in total. The van der Waals surface area contributed by atoms with Gasteiger partial charge >= 0.3 is 0 Å². The van der Waals surface area contributed by atoms with Gasteiger partial charge in [-0.05, 0) is 49.0 Å². The molecule has 1 fully saturated rings. The first-order chi connectivity index (χ1) is 14.4. The van der Waals surface area contributed by atoms with Crippen molar-refractivity contribution in [2.75, 3.05) is 6.61 Å². The lowest BCUT2D eigenvalue weighted by atomic mass is 10.0. The van der Waals surface area contributed by atoms with Gasteiger partial charge < -0.3 is 9.47 Å². The van der Waals surface area contributed by atoms with Crippen LogP contribution in [-0.2, 0) is 11.3 Å². The molecule has 0 aliphatic carbocycles. The minimum atomic E-state index is 0.0253. The molecule has 1 aliphatic rings. The van der Waals surface area contributed by atoms with Crippen LogP contribution >= 0.6 is 0 Å². The summed E-state index contributed by atoms with van der Waals surface area (Å²) in [5, 5.41) is 9.32. The summed E-state index contributed by atoms with van der Waals surface area (Å²) in [6, 6.07) is 7.51. The van der Waals surface area contributed by atoms with E-state index in [1.807, 2.05) is 26.0 Å². The second-order valence-corrected chi connectivity index (χ2v) is 7.46. The maximum absolute atomic E-state index is 9.32. The Labute approximate surface area is 180 Å². The van der Waals surface area contributed by atoms with Crippen molar-refractivity contribution in [2.45, 2.75) is 53.2 Å². The van der Waals surface area contributed by atoms with E-state index in [1.165, 1.54) is 0 Å². The summed E-state index contributed by atoms with van der Waals surface area (Å²) in [6.07, 6.45) is 5.45. The number of aliphatic imine (C=N–C) groups is 2. The van der Waals surface area contributed by atoms with Gasteiger partial charge in [-0.15, -0.1) is 0 Å². The number of hydrogen-bond donors (Lipinski definition) is 0. The van der Waals surface area contributed by atoms with Crippen molar-refractivity contribution in [3.8, 4) is 11.8 Å². The van der Waals surface area contributed by atoms with E-state index in [0.29, 0.717) is 36.3 Å². The highest BCUT2D eigenvalue weighted by molar-refractivity contribution is 5.84. The van der Waals surface area contributed by atoms with Gasteiger partial charge in [-0.3, -0.25) is 4.99 Å². The molecule has 5 heteroatoms. The lowest BCUT2D eigenvalue weighted by molar-refractivity contribution is 0.410. The van der Waals surface area contributed by atoms with E-state index in [4.69, 9.17) is 14.5 Å². The zero-order chi connectivity index (χ0) is 22.1. The molecule has 0 saturated carbocycles. The average Bonchev–Trinajstić information content (AvgIpc) is 3.59. The van der Waals surface area contributed by atoms with E-state index in [0.717, 1.165) is 35.3 Å². The Bertz CT molecular complexity index is 915. The fourth-order valence-corrected chi connectivity index (χ4v) is 2.50. The number of nitrogens with zero attached hydrogens (tertiary/aromatic N) is 3. The number of allylic oxidation sites excluding steroid dienone is 1. The molecule has 2 unspecified atom stereocenters. The van der Waals surface area contributed by atoms with E-state index < -0.39 is 0 Å². The average molecular weight is 406 g/mol. The van der Waals surface area contributed by atoms with Gasteiger partial charge in [0.05, 0.1) is 24.8 Å². The normalized spacial score (nSPS) is 17.5. The highest BCUT2D eigenvalue weighted by Gasteiger charge is 2.25. The predicted molar refractivity (Wildman–Crippen MR) is 123 cm³/mol. The minimum Gasteiger partial charge on any atom is -0.439 e. The smallest absolute Gasteiger partial charge is 0.219 e. The Morgan fingerprint density at radius 1 is 1.40 bits per heavy atom. The van der Waals surface area contributed by atoms with Gasteiger partial charge in [0.25, 0.3) is 0 Å². The molecular formula is C25H31N3O2. The summed E-state index contributed by atoms with van der Waals surface area (Å²) in [4.78, 5) is 9.17. The van der Waals surface area contributed by atoms with Crippen molar-refractivity contribution in [1.82, 2.24) is 0 Å². The molecule has 158 valence electrons. The Morgan fingerprint density at radius 2 is 2.13 bits per heavy atom. The van der Waals surface area contributed by atoms with E-state index >= 15 is 0 Å². The van der Waals surface area contributed by atoms with Gasteiger partial charge in [0, 0.05) is 23.6 Å². The first-order valence-corrected chi connectivity index (χ1v) is 10.3. The summed E-state index contributed by atoms with van der Waals surface area (Å²) in [7, 11) is 0. The van der Waals surface area contributed by atoms with E-state index in [9.17, 15) is 5.26 Å². The molecule has 1 aromatic rings. The molecule has 0 amide bonds. The zero-order valence-electron chi connectivity index (χ0n) is 18.4. The van der Waals surface area contributed by atoms with Gasteiger partial charge in [0.1, 0.15) is 11.9 Å². The number of benzene rings is 1. The zero-order valence-corrected chi connectivity index (χ0v) is 18.4.